The van der Waals surface area contributed by atoms with E-state index in [4.69, 9.17) is 0 Å². The largest absolute Gasteiger partial charge is 0.296 e. The summed E-state index contributed by atoms with van der Waals surface area (Å²) < 4.78 is 39.3. The van der Waals surface area contributed by atoms with Gasteiger partial charge in [0.2, 0.25) is 5.13 Å². The highest BCUT2D eigenvalue weighted by atomic mass is 32.1. The van der Waals surface area contributed by atoms with Gasteiger partial charge in [-0.1, -0.05) is 25.2 Å². The fraction of sp³-hybridized carbons (Fsp3) is 0.250. The molecule has 1 aromatic carbocycles. The number of anilines is 1. The van der Waals surface area contributed by atoms with Gasteiger partial charge in [0.05, 0.1) is 5.56 Å². The number of carbonyl (C=O) groups is 1. The highest BCUT2D eigenvalue weighted by Gasteiger charge is 2.20. The monoisotopic (exact) mass is 301 g/mol. The van der Waals surface area contributed by atoms with Gasteiger partial charge in [-0.25, -0.2) is 13.2 Å². The Morgan fingerprint density at radius 1 is 1.20 bits per heavy atom. The molecule has 0 saturated carbocycles. The van der Waals surface area contributed by atoms with E-state index in [-0.39, 0.29) is 11.0 Å². The van der Waals surface area contributed by atoms with Gasteiger partial charge in [-0.2, -0.15) is 0 Å². The highest BCUT2D eigenvalue weighted by Crippen LogP contribution is 2.23. The molecule has 0 aliphatic heterocycles. The lowest BCUT2D eigenvalue weighted by molar-refractivity contribution is 0.102. The standard InChI is InChI=1S/C12H10F3N3OS/c1-5(2)11-17-18-12(20-11)16-10(19)6-3-4-7(13)9(15)8(6)14/h3-5H,1-2H3,(H,16,18,19). The molecule has 4 nitrogen and oxygen atoms in total. The molecule has 1 amide bonds. The zero-order valence-corrected chi connectivity index (χ0v) is 11.4. The Bertz CT molecular complexity index is 657. The van der Waals surface area contributed by atoms with Crippen molar-refractivity contribution in [3.8, 4) is 0 Å². The summed E-state index contributed by atoms with van der Waals surface area (Å²) in [5.41, 5.74) is -0.592. The van der Waals surface area contributed by atoms with Gasteiger partial charge in [-0.15, -0.1) is 10.2 Å². The average Bonchev–Trinajstić information content (AvgIpc) is 2.84. The SMILES string of the molecule is CC(C)c1nnc(NC(=O)c2ccc(F)c(F)c2F)s1. The van der Waals surface area contributed by atoms with Crippen LogP contribution in [0.2, 0.25) is 0 Å². The Balaban J connectivity index is 2.22. The first kappa shape index (κ1) is 14.4. The van der Waals surface area contributed by atoms with E-state index in [0.717, 1.165) is 17.4 Å². The maximum absolute atomic E-state index is 13.4. The van der Waals surface area contributed by atoms with Crippen LogP contribution in [0.1, 0.15) is 35.1 Å². The lowest BCUT2D eigenvalue weighted by atomic mass is 10.2. The number of hydrogen-bond acceptors (Lipinski definition) is 4. The van der Waals surface area contributed by atoms with Crippen LogP contribution in [0, 0.1) is 17.5 Å². The predicted octanol–water partition coefficient (Wildman–Crippen LogP) is 3.33. The van der Waals surface area contributed by atoms with Crippen LogP contribution in [-0.4, -0.2) is 16.1 Å². The predicted molar refractivity (Wildman–Crippen MR) is 68.3 cm³/mol. The summed E-state index contributed by atoms with van der Waals surface area (Å²) in [6.07, 6.45) is 0. The number of nitrogens with zero attached hydrogens (tertiary/aromatic N) is 2. The summed E-state index contributed by atoms with van der Waals surface area (Å²) in [5.74, 6) is -5.34. The van der Waals surface area contributed by atoms with E-state index >= 15 is 0 Å². The maximum atomic E-state index is 13.4. The molecular formula is C12H10F3N3OS. The van der Waals surface area contributed by atoms with E-state index in [1.807, 2.05) is 13.8 Å². The zero-order chi connectivity index (χ0) is 14.9. The molecule has 0 atom stereocenters. The molecule has 2 rings (SSSR count). The van der Waals surface area contributed by atoms with Crippen molar-refractivity contribution >= 4 is 22.4 Å². The van der Waals surface area contributed by atoms with Crippen molar-refractivity contribution in [3.63, 3.8) is 0 Å². The Labute approximate surface area is 116 Å². The molecule has 0 unspecified atom stereocenters. The smallest absolute Gasteiger partial charge is 0.260 e. The minimum atomic E-state index is -1.68. The van der Waals surface area contributed by atoms with Crippen molar-refractivity contribution in [3.05, 3.63) is 40.2 Å². The van der Waals surface area contributed by atoms with Crippen LogP contribution in [0.3, 0.4) is 0 Å². The second-order valence-electron chi connectivity index (χ2n) is 4.28. The van der Waals surface area contributed by atoms with E-state index in [1.54, 1.807) is 0 Å². The van der Waals surface area contributed by atoms with Crippen molar-refractivity contribution in [2.45, 2.75) is 19.8 Å². The molecule has 0 saturated heterocycles. The summed E-state index contributed by atoms with van der Waals surface area (Å²) in [4.78, 5) is 11.8. The van der Waals surface area contributed by atoms with Crippen LogP contribution in [0.4, 0.5) is 18.3 Å². The zero-order valence-electron chi connectivity index (χ0n) is 10.6. The van der Waals surface area contributed by atoms with Gasteiger partial charge in [0, 0.05) is 5.92 Å². The Morgan fingerprint density at radius 3 is 2.50 bits per heavy atom. The topological polar surface area (TPSA) is 54.9 Å². The molecule has 1 N–H and O–H groups in total. The van der Waals surface area contributed by atoms with Crippen molar-refractivity contribution < 1.29 is 18.0 Å². The van der Waals surface area contributed by atoms with Gasteiger partial charge in [0.25, 0.3) is 5.91 Å². The molecule has 2 aromatic rings. The van der Waals surface area contributed by atoms with Crippen molar-refractivity contribution in [1.29, 1.82) is 0 Å². The van der Waals surface area contributed by atoms with E-state index < -0.39 is 28.9 Å². The molecule has 1 aromatic heterocycles. The number of nitrogens with one attached hydrogen (secondary N) is 1. The third kappa shape index (κ3) is 2.79. The molecule has 0 fully saturated rings. The number of carbonyl (C=O) groups excluding carboxylic acids is 1. The highest BCUT2D eigenvalue weighted by molar-refractivity contribution is 7.15. The maximum Gasteiger partial charge on any atom is 0.260 e. The first-order valence-electron chi connectivity index (χ1n) is 5.68. The second-order valence-corrected chi connectivity index (χ2v) is 5.29. The number of benzene rings is 1. The van der Waals surface area contributed by atoms with Gasteiger partial charge in [-0.05, 0) is 12.1 Å². The summed E-state index contributed by atoms with van der Waals surface area (Å²) in [6.45, 7) is 3.81. The summed E-state index contributed by atoms with van der Waals surface area (Å²) in [7, 11) is 0. The van der Waals surface area contributed by atoms with Gasteiger partial charge < -0.3 is 0 Å². The molecule has 0 spiro atoms. The fourth-order valence-electron chi connectivity index (χ4n) is 1.38. The van der Waals surface area contributed by atoms with Crippen LogP contribution in [0.15, 0.2) is 12.1 Å². The van der Waals surface area contributed by atoms with Gasteiger partial charge in [0.15, 0.2) is 17.5 Å². The number of halogens is 3. The van der Waals surface area contributed by atoms with Crippen LogP contribution >= 0.6 is 11.3 Å². The van der Waals surface area contributed by atoms with Crippen LogP contribution in [-0.2, 0) is 0 Å². The first-order chi connectivity index (χ1) is 9.40. The molecule has 0 radical (unpaired) electrons. The molecule has 8 heteroatoms. The second kappa shape index (κ2) is 5.58. The number of rotatable bonds is 3. The lowest BCUT2D eigenvalue weighted by Crippen LogP contribution is -2.15. The Kier molecular flexibility index (Phi) is 4.03. The van der Waals surface area contributed by atoms with E-state index in [9.17, 15) is 18.0 Å². The van der Waals surface area contributed by atoms with E-state index in [0.29, 0.717) is 11.1 Å². The van der Waals surface area contributed by atoms with E-state index in [1.165, 1.54) is 0 Å². The minimum Gasteiger partial charge on any atom is -0.296 e. The van der Waals surface area contributed by atoms with Crippen molar-refractivity contribution in [1.82, 2.24) is 10.2 Å². The van der Waals surface area contributed by atoms with Crippen molar-refractivity contribution in [2.75, 3.05) is 5.32 Å². The quantitative estimate of drug-likeness (QED) is 0.885. The average molecular weight is 301 g/mol. The summed E-state index contributed by atoms with van der Waals surface area (Å²) in [5, 5.41) is 10.7. The van der Waals surface area contributed by atoms with Gasteiger partial charge in [0.1, 0.15) is 5.01 Å². The minimum absolute atomic E-state index is 0.137. The van der Waals surface area contributed by atoms with Crippen LogP contribution in [0.5, 0.6) is 0 Å². The third-order valence-electron chi connectivity index (χ3n) is 2.43. The first-order valence-corrected chi connectivity index (χ1v) is 6.50. The molecule has 0 bridgehead atoms. The third-order valence-corrected chi connectivity index (χ3v) is 3.57. The summed E-state index contributed by atoms with van der Waals surface area (Å²) in [6, 6.07) is 1.56. The molecule has 0 aliphatic rings. The van der Waals surface area contributed by atoms with Crippen molar-refractivity contribution in [2.24, 2.45) is 0 Å². The molecule has 106 valence electrons. The van der Waals surface area contributed by atoms with Crippen LogP contribution in [0.25, 0.3) is 0 Å². The number of amides is 1. The van der Waals surface area contributed by atoms with Crippen LogP contribution < -0.4 is 5.32 Å². The normalized spacial score (nSPS) is 10.9. The molecule has 20 heavy (non-hydrogen) atoms. The molecular weight excluding hydrogens is 291 g/mol. The van der Waals surface area contributed by atoms with Gasteiger partial charge >= 0.3 is 0 Å². The molecule has 1 heterocycles. The molecule has 0 aliphatic carbocycles. The Morgan fingerprint density at radius 2 is 1.90 bits per heavy atom. The number of aromatic nitrogens is 2. The Hall–Kier alpha value is -1.96. The van der Waals surface area contributed by atoms with E-state index in [2.05, 4.69) is 15.5 Å². The lowest BCUT2D eigenvalue weighted by Gasteiger charge is -2.03. The van der Waals surface area contributed by atoms with Gasteiger partial charge in [-0.3, -0.25) is 10.1 Å². The number of hydrogen-bond donors (Lipinski definition) is 1. The fourth-order valence-corrected chi connectivity index (χ4v) is 2.12. The summed E-state index contributed by atoms with van der Waals surface area (Å²) >= 11 is 1.13.